The van der Waals surface area contributed by atoms with Gasteiger partial charge in [0.1, 0.15) is 5.75 Å². The molecule has 2 aliphatic rings. The molecule has 7 nitrogen and oxygen atoms in total. The smallest absolute Gasteiger partial charge is 0.317 e. The van der Waals surface area contributed by atoms with Crippen LogP contribution in [0.5, 0.6) is 5.75 Å². The van der Waals surface area contributed by atoms with Gasteiger partial charge in [0.2, 0.25) is 0 Å². The molecule has 0 spiro atoms. The molecule has 2 amide bonds. The van der Waals surface area contributed by atoms with Crippen LogP contribution in [0.15, 0.2) is 24.3 Å². The normalized spacial score (nSPS) is 26.2. The van der Waals surface area contributed by atoms with Crippen molar-refractivity contribution in [3.8, 4) is 5.75 Å². The second kappa shape index (κ2) is 8.61. The van der Waals surface area contributed by atoms with Crippen LogP contribution in [0.25, 0.3) is 0 Å². The van der Waals surface area contributed by atoms with Crippen molar-refractivity contribution in [1.82, 2.24) is 15.5 Å². The quantitative estimate of drug-likeness (QED) is 0.615. The molecule has 0 bridgehead atoms. The van der Waals surface area contributed by atoms with Crippen LogP contribution in [0.1, 0.15) is 44.6 Å². The van der Waals surface area contributed by atoms with Crippen LogP contribution in [0.3, 0.4) is 0 Å². The molecule has 2 saturated carbocycles. The molecule has 0 aromatic heterocycles. The van der Waals surface area contributed by atoms with Gasteiger partial charge < -0.3 is 20.5 Å². The van der Waals surface area contributed by atoms with Crippen molar-refractivity contribution in [2.24, 2.45) is 0 Å². The van der Waals surface area contributed by atoms with E-state index in [0.717, 1.165) is 25.0 Å². The van der Waals surface area contributed by atoms with Crippen molar-refractivity contribution in [3.63, 3.8) is 0 Å². The summed E-state index contributed by atoms with van der Waals surface area (Å²) in [5.74, 6) is 0.430. The first kappa shape index (κ1) is 19.5. The molecule has 2 fully saturated rings. The van der Waals surface area contributed by atoms with Gasteiger partial charge in [-0.25, -0.2) is 4.79 Å². The van der Waals surface area contributed by atoms with Crippen molar-refractivity contribution in [2.45, 2.75) is 57.2 Å². The number of nitrogens with one attached hydrogen (secondary N) is 2. The largest absolute Gasteiger partial charge is 0.494 e. The summed E-state index contributed by atoms with van der Waals surface area (Å²) in [5, 5.41) is 15.0. The minimum atomic E-state index is -0.805. The first-order valence-electron chi connectivity index (χ1n) is 9.75. The Kier molecular flexibility index (Phi) is 6.21. The van der Waals surface area contributed by atoms with E-state index in [-0.39, 0.29) is 30.7 Å². The van der Waals surface area contributed by atoms with E-state index < -0.39 is 5.97 Å². The summed E-state index contributed by atoms with van der Waals surface area (Å²) < 4.78 is 5.45. The van der Waals surface area contributed by atoms with E-state index in [1.165, 1.54) is 5.56 Å². The van der Waals surface area contributed by atoms with Crippen LogP contribution < -0.4 is 15.4 Å². The van der Waals surface area contributed by atoms with Gasteiger partial charge in [-0.05, 0) is 50.4 Å². The van der Waals surface area contributed by atoms with E-state index in [2.05, 4.69) is 22.8 Å². The summed E-state index contributed by atoms with van der Waals surface area (Å²) in [5.41, 5.74) is 1.22. The minimum Gasteiger partial charge on any atom is -0.494 e. The Labute approximate surface area is 160 Å². The number of carbonyl (C=O) groups is 2. The molecule has 0 saturated heterocycles. The number of ether oxygens (including phenoxy) is 1. The molecule has 0 aliphatic heterocycles. The van der Waals surface area contributed by atoms with Gasteiger partial charge in [0.05, 0.1) is 13.2 Å². The molecular formula is C20H29N3O4. The Bertz CT molecular complexity index is 658. The summed E-state index contributed by atoms with van der Waals surface area (Å²) in [6.45, 7) is 5.35. The maximum Gasteiger partial charge on any atom is 0.317 e. The topological polar surface area (TPSA) is 90.9 Å². The highest BCUT2D eigenvalue weighted by Gasteiger charge is 2.40. The molecule has 3 N–H and O–H groups in total. The van der Waals surface area contributed by atoms with Crippen molar-refractivity contribution in [1.29, 1.82) is 0 Å². The Balaban J connectivity index is 1.37. The number of carbonyl (C=O) groups excluding carboxylic acids is 1. The lowest BCUT2D eigenvalue weighted by molar-refractivity contribution is -0.139. The SMILES string of the molecule is CCOc1ccc([C@@H]2C[C@H]2NC(=O)NC2CC(N(CC)CC(=O)O)C2)cc1. The molecule has 7 heteroatoms. The average molecular weight is 375 g/mol. The highest BCUT2D eigenvalue weighted by Crippen LogP contribution is 2.41. The van der Waals surface area contributed by atoms with Crippen molar-refractivity contribution in [3.05, 3.63) is 29.8 Å². The monoisotopic (exact) mass is 375 g/mol. The van der Waals surface area contributed by atoms with E-state index in [9.17, 15) is 9.59 Å². The maximum absolute atomic E-state index is 12.2. The first-order valence-corrected chi connectivity index (χ1v) is 9.75. The van der Waals surface area contributed by atoms with Crippen LogP contribution >= 0.6 is 0 Å². The second-order valence-electron chi connectivity index (χ2n) is 7.35. The lowest BCUT2D eigenvalue weighted by Crippen LogP contribution is -2.56. The van der Waals surface area contributed by atoms with Gasteiger partial charge in [0.15, 0.2) is 0 Å². The molecule has 148 valence electrons. The number of carboxylic acid groups (broad SMARTS) is 1. The zero-order chi connectivity index (χ0) is 19.4. The number of carboxylic acids is 1. The van der Waals surface area contributed by atoms with Gasteiger partial charge in [-0.3, -0.25) is 9.69 Å². The fourth-order valence-electron chi connectivity index (χ4n) is 3.77. The van der Waals surface area contributed by atoms with E-state index >= 15 is 0 Å². The zero-order valence-electron chi connectivity index (χ0n) is 16.0. The number of nitrogens with zero attached hydrogens (tertiary/aromatic N) is 1. The molecule has 2 atom stereocenters. The summed E-state index contributed by atoms with van der Waals surface area (Å²) >= 11 is 0. The van der Waals surface area contributed by atoms with Gasteiger partial charge >= 0.3 is 12.0 Å². The average Bonchev–Trinajstić information content (AvgIpc) is 3.35. The predicted molar refractivity (Wildman–Crippen MR) is 102 cm³/mol. The summed E-state index contributed by atoms with van der Waals surface area (Å²) in [4.78, 5) is 25.0. The number of urea groups is 1. The van der Waals surface area contributed by atoms with Gasteiger partial charge in [0.25, 0.3) is 0 Å². The summed E-state index contributed by atoms with van der Waals surface area (Å²) in [6.07, 6.45) is 2.57. The molecule has 0 unspecified atom stereocenters. The lowest BCUT2D eigenvalue weighted by Gasteiger charge is -2.42. The Hall–Kier alpha value is -2.28. The number of aliphatic carboxylic acids is 1. The van der Waals surface area contributed by atoms with Gasteiger partial charge in [0, 0.05) is 24.0 Å². The molecule has 27 heavy (non-hydrogen) atoms. The summed E-state index contributed by atoms with van der Waals surface area (Å²) in [7, 11) is 0. The third kappa shape index (κ3) is 5.13. The highest BCUT2D eigenvalue weighted by atomic mass is 16.5. The molecule has 1 aromatic rings. The molecular weight excluding hydrogens is 346 g/mol. The second-order valence-corrected chi connectivity index (χ2v) is 7.35. The van der Waals surface area contributed by atoms with Gasteiger partial charge in [-0.1, -0.05) is 19.1 Å². The number of likely N-dealkylation sites (N-methyl/N-ethyl adjacent to an activating group) is 1. The number of rotatable bonds is 9. The van der Waals surface area contributed by atoms with Crippen LogP contribution in [-0.4, -0.2) is 59.8 Å². The summed E-state index contributed by atoms with van der Waals surface area (Å²) in [6, 6.07) is 8.49. The molecule has 1 aromatic carbocycles. The van der Waals surface area contributed by atoms with Crippen LogP contribution in [0, 0.1) is 0 Å². The minimum absolute atomic E-state index is 0.0614. The van der Waals surface area contributed by atoms with Crippen molar-refractivity contribution in [2.75, 3.05) is 19.7 Å². The van der Waals surface area contributed by atoms with E-state index in [1.807, 2.05) is 30.9 Å². The van der Waals surface area contributed by atoms with Crippen molar-refractivity contribution >= 4 is 12.0 Å². The first-order chi connectivity index (χ1) is 13.0. The fourth-order valence-corrected chi connectivity index (χ4v) is 3.77. The van der Waals surface area contributed by atoms with Crippen molar-refractivity contribution < 1.29 is 19.4 Å². The number of benzene rings is 1. The third-order valence-corrected chi connectivity index (χ3v) is 5.44. The molecule has 0 radical (unpaired) electrons. The zero-order valence-corrected chi connectivity index (χ0v) is 16.0. The Morgan fingerprint density at radius 2 is 1.85 bits per heavy atom. The van der Waals surface area contributed by atoms with E-state index in [0.29, 0.717) is 19.1 Å². The molecule has 0 heterocycles. The van der Waals surface area contributed by atoms with E-state index in [4.69, 9.17) is 9.84 Å². The van der Waals surface area contributed by atoms with Gasteiger partial charge in [-0.2, -0.15) is 0 Å². The standard InChI is InChI=1S/C20H29N3O4/c1-3-23(12-19(24)25)15-9-14(10-15)21-20(26)22-18-11-17(18)13-5-7-16(8-6-13)27-4-2/h5-8,14-15,17-18H,3-4,9-12H2,1-2H3,(H,24,25)(H2,21,22,26)/t14?,15?,17-,18+/m0/s1. The highest BCUT2D eigenvalue weighted by molar-refractivity contribution is 5.75. The predicted octanol–water partition coefficient (Wildman–Crippen LogP) is 2.18. The molecule has 3 rings (SSSR count). The van der Waals surface area contributed by atoms with Crippen LogP contribution in [0.4, 0.5) is 4.79 Å². The van der Waals surface area contributed by atoms with Gasteiger partial charge in [-0.15, -0.1) is 0 Å². The third-order valence-electron chi connectivity index (χ3n) is 5.44. The lowest BCUT2D eigenvalue weighted by atomic mass is 9.85. The maximum atomic E-state index is 12.2. The van der Waals surface area contributed by atoms with E-state index in [1.54, 1.807) is 0 Å². The van der Waals surface area contributed by atoms with Crippen LogP contribution in [-0.2, 0) is 4.79 Å². The number of amides is 2. The Morgan fingerprint density at radius 3 is 2.44 bits per heavy atom. The fraction of sp³-hybridized carbons (Fsp3) is 0.600. The Morgan fingerprint density at radius 1 is 1.15 bits per heavy atom. The number of hydrogen-bond acceptors (Lipinski definition) is 4. The number of hydrogen-bond donors (Lipinski definition) is 3. The molecule has 2 aliphatic carbocycles. The van der Waals surface area contributed by atoms with Crippen LogP contribution in [0.2, 0.25) is 0 Å².